The lowest BCUT2D eigenvalue weighted by molar-refractivity contribution is -0.0242. The van der Waals surface area contributed by atoms with E-state index in [1.165, 1.54) is 38.5 Å². The monoisotopic (exact) mass is 217 g/mol. The average Bonchev–Trinajstić information content (AvgIpc) is 2.24. The van der Waals surface area contributed by atoms with Gasteiger partial charge in [0.15, 0.2) is 0 Å². The van der Waals surface area contributed by atoms with Gasteiger partial charge in [0.25, 0.3) is 0 Å². The van der Waals surface area contributed by atoms with Crippen LogP contribution in [0.15, 0.2) is 11.6 Å². The normalized spacial score (nSPS) is 45.8. The number of allylic oxidation sites excluding steroid dienone is 1. The van der Waals surface area contributed by atoms with Crippen molar-refractivity contribution in [2.45, 2.75) is 38.5 Å². The summed E-state index contributed by atoms with van der Waals surface area (Å²) in [5.41, 5.74) is 0.865. The lowest BCUT2D eigenvalue weighted by Crippen LogP contribution is -2.45. The molecule has 0 spiro atoms. The Balaban J connectivity index is 1.89. The van der Waals surface area contributed by atoms with Crippen molar-refractivity contribution in [3.8, 4) is 6.07 Å². The van der Waals surface area contributed by atoms with Crippen molar-refractivity contribution in [3.05, 3.63) is 11.6 Å². The Morgan fingerprint density at radius 3 is 2.06 bits per heavy atom. The molecule has 2 nitrogen and oxygen atoms in total. The number of hydrogen-bond acceptors (Lipinski definition) is 2. The van der Waals surface area contributed by atoms with Gasteiger partial charge in [-0.15, -0.1) is 0 Å². The number of hydrogen-bond donors (Lipinski definition) is 1. The SMILES string of the molecule is N#C/C(=C/C12CC3CC(CC(C3)C1)C2)CO. The third-order valence-corrected chi connectivity index (χ3v) is 4.88. The number of rotatable bonds is 2. The molecule has 0 aromatic carbocycles. The highest BCUT2D eigenvalue weighted by atomic mass is 16.3. The third kappa shape index (κ3) is 1.58. The van der Waals surface area contributed by atoms with Gasteiger partial charge in [0.1, 0.15) is 0 Å². The maximum absolute atomic E-state index is 9.14. The lowest BCUT2D eigenvalue weighted by atomic mass is 9.49. The minimum absolute atomic E-state index is 0.0851. The van der Waals surface area contributed by atoms with Gasteiger partial charge in [-0.3, -0.25) is 0 Å². The predicted octanol–water partition coefficient (Wildman–Crippen LogP) is 2.65. The van der Waals surface area contributed by atoms with Crippen LogP contribution >= 0.6 is 0 Å². The second kappa shape index (κ2) is 3.60. The van der Waals surface area contributed by atoms with Gasteiger partial charge in [-0.2, -0.15) is 5.26 Å². The van der Waals surface area contributed by atoms with Crippen LogP contribution < -0.4 is 0 Å². The van der Waals surface area contributed by atoms with E-state index < -0.39 is 0 Å². The van der Waals surface area contributed by atoms with Gasteiger partial charge in [0.05, 0.1) is 18.2 Å². The zero-order chi connectivity index (χ0) is 11.2. The lowest BCUT2D eigenvalue weighted by Gasteiger charge is -2.56. The Morgan fingerprint density at radius 2 is 1.69 bits per heavy atom. The molecule has 4 bridgehead atoms. The molecule has 0 amide bonds. The molecule has 16 heavy (non-hydrogen) atoms. The van der Waals surface area contributed by atoms with E-state index in [0.717, 1.165) is 17.8 Å². The molecule has 4 aliphatic rings. The third-order valence-electron chi connectivity index (χ3n) is 4.88. The summed E-state index contributed by atoms with van der Waals surface area (Å²) in [7, 11) is 0. The summed E-state index contributed by atoms with van der Waals surface area (Å²) in [6, 6.07) is 2.14. The topological polar surface area (TPSA) is 44.0 Å². The minimum atomic E-state index is -0.0851. The highest BCUT2D eigenvalue weighted by Crippen LogP contribution is 2.60. The van der Waals surface area contributed by atoms with Gasteiger partial charge in [-0.05, 0) is 61.7 Å². The summed E-state index contributed by atoms with van der Waals surface area (Å²) >= 11 is 0. The Hall–Kier alpha value is -0.810. The molecular formula is C14H19NO. The maximum Gasteiger partial charge on any atom is 0.0968 e. The van der Waals surface area contributed by atoms with Crippen LogP contribution in [0.1, 0.15) is 38.5 Å². The van der Waals surface area contributed by atoms with Gasteiger partial charge in [-0.1, -0.05) is 6.08 Å². The van der Waals surface area contributed by atoms with E-state index in [1.807, 2.05) is 0 Å². The molecule has 0 aromatic rings. The van der Waals surface area contributed by atoms with Crippen LogP contribution in [0.25, 0.3) is 0 Å². The van der Waals surface area contributed by atoms with E-state index in [4.69, 9.17) is 10.4 Å². The Morgan fingerprint density at radius 1 is 1.19 bits per heavy atom. The van der Waals surface area contributed by atoms with Crippen molar-refractivity contribution in [2.75, 3.05) is 6.61 Å². The van der Waals surface area contributed by atoms with Gasteiger partial charge < -0.3 is 5.11 Å². The van der Waals surface area contributed by atoms with E-state index in [0.29, 0.717) is 5.57 Å². The molecule has 0 radical (unpaired) electrons. The van der Waals surface area contributed by atoms with Crippen molar-refractivity contribution in [1.29, 1.82) is 5.26 Å². The first-order valence-electron chi connectivity index (χ1n) is 6.46. The van der Waals surface area contributed by atoms with E-state index in [-0.39, 0.29) is 12.0 Å². The molecule has 86 valence electrons. The fourth-order valence-corrected chi connectivity index (χ4v) is 4.84. The van der Waals surface area contributed by atoms with Crippen molar-refractivity contribution in [1.82, 2.24) is 0 Å². The van der Waals surface area contributed by atoms with Crippen LogP contribution in [0.3, 0.4) is 0 Å². The largest absolute Gasteiger partial charge is 0.391 e. The molecule has 0 aromatic heterocycles. The van der Waals surface area contributed by atoms with Gasteiger partial charge in [-0.25, -0.2) is 0 Å². The number of aliphatic hydroxyl groups excluding tert-OH is 1. The molecule has 4 aliphatic carbocycles. The summed E-state index contributed by atoms with van der Waals surface area (Å²) < 4.78 is 0. The first-order valence-corrected chi connectivity index (χ1v) is 6.46. The van der Waals surface area contributed by atoms with E-state index in [2.05, 4.69) is 12.1 Å². The molecule has 0 heterocycles. The smallest absolute Gasteiger partial charge is 0.0968 e. The van der Waals surface area contributed by atoms with E-state index in [1.54, 1.807) is 0 Å². The average molecular weight is 217 g/mol. The number of aliphatic hydroxyl groups is 1. The summed E-state index contributed by atoms with van der Waals surface area (Å²) in [6.07, 6.45) is 10.2. The second-order valence-electron chi connectivity index (χ2n) is 6.22. The summed E-state index contributed by atoms with van der Waals surface area (Å²) in [5, 5.41) is 18.1. The second-order valence-corrected chi connectivity index (χ2v) is 6.22. The predicted molar refractivity (Wildman–Crippen MR) is 61.4 cm³/mol. The molecule has 0 saturated heterocycles. The highest BCUT2D eigenvalue weighted by molar-refractivity contribution is 5.26. The molecule has 1 N–H and O–H groups in total. The molecule has 2 heteroatoms. The molecule has 4 rings (SSSR count). The van der Waals surface area contributed by atoms with E-state index >= 15 is 0 Å². The zero-order valence-corrected chi connectivity index (χ0v) is 9.65. The summed E-state index contributed by atoms with van der Waals surface area (Å²) in [4.78, 5) is 0. The summed E-state index contributed by atoms with van der Waals surface area (Å²) in [6.45, 7) is -0.0851. The Kier molecular flexibility index (Phi) is 2.33. The molecule has 4 saturated carbocycles. The van der Waals surface area contributed by atoms with Crippen LogP contribution in [0, 0.1) is 34.5 Å². The van der Waals surface area contributed by atoms with Gasteiger partial charge in [0.2, 0.25) is 0 Å². The van der Waals surface area contributed by atoms with Gasteiger partial charge >= 0.3 is 0 Å². The zero-order valence-electron chi connectivity index (χ0n) is 9.65. The van der Waals surface area contributed by atoms with Crippen molar-refractivity contribution >= 4 is 0 Å². The van der Waals surface area contributed by atoms with Crippen LogP contribution in [0.4, 0.5) is 0 Å². The molecule has 4 fully saturated rings. The Labute approximate surface area is 97.0 Å². The van der Waals surface area contributed by atoms with Crippen LogP contribution in [0.2, 0.25) is 0 Å². The first kappa shape index (κ1) is 10.4. The quantitative estimate of drug-likeness (QED) is 0.723. The fourth-order valence-electron chi connectivity index (χ4n) is 4.84. The van der Waals surface area contributed by atoms with Crippen molar-refractivity contribution in [3.63, 3.8) is 0 Å². The number of nitriles is 1. The Bertz CT molecular complexity index is 328. The van der Waals surface area contributed by atoms with Crippen LogP contribution in [-0.2, 0) is 0 Å². The van der Waals surface area contributed by atoms with Crippen molar-refractivity contribution in [2.24, 2.45) is 23.2 Å². The summed E-state index contributed by atoms with van der Waals surface area (Å²) in [5.74, 6) is 2.71. The van der Waals surface area contributed by atoms with Crippen LogP contribution in [0.5, 0.6) is 0 Å². The molecular weight excluding hydrogens is 198 g/mol. The molecule has 0 unspecified atom stereocenters. The fraction of sp³-hybridized carbons (Fsp3) is 0.786. The van der Waals surface area contributed by atoms with Gasteiger partial charge in [0, 0.05) is 0 Å². The van der Waals surface area contributed by atoms with Crippen molar-refractivity contribution < 1.29 is 5.11 Å². The first-order chi connectivity index (χ1) is 7.73. The van der Waals surface area contributed by atoms with E-state index in [9.17, 15) is 0 Å². The van der Waals surface area contributed by atoms with Crippen LogP contribution in [-0.4, -0.2) is 11.7 Å². The standard InChI is InChI=1S/C14H19NO/c15-8-13(9-16)7-14-4-10-1-11(5-14)3-12(2-10)6-14/h7,10-12,16H,1-6,9H2/b13-7-. The molecule has 0 atom stereocenters. The maximum atomic E-state index is 9.14. The molecule has 0 aliphatic heterocycles. The number of nitrogens with zero attached hydrogens (tertiary/aromatic N) is 1. The minimum Gasteiger partial charge on any atom is -0.391 e. The highest BCUT2D eigenvalue weighted by Gasteiger charge is 2.49.